The van der Waals surface area contributed by atoms with Crippen LogP contribution < -0.4 is 5.32 Å². The number of imidazole rings is 1. The van der Waals surface area contributed by atoms with Gasteiger partial charge in [-0.15, -0.1) is 0 Å². The van der Waals surface area contributed by atoms with Gasteiger partial charge in [0.15, 0.2) is 5.96 Å². The Kier molecular flexibility index (Phi) is 7.25. The highest BCUT2D eigenvalue weighted by Gasteiger charge is 2.09. The predicted octanol–water partition coefficient (Wildman–Crippen LogP) is 3.94. The fourth-order valence-corrected chi connectivity index (χ4v) is 3.53. The maximum Gasteiger partial charge on any atom is 0.193 e. The van der Waals surface area contributed by atoms with Crippen LogP contribution in [0.25, 0.3) is 0 Å². The SMILES string of the molecule is CN=C(NCCc1nccn1Cc1ccccc1)N(C)Cc1ccccc1Br. The van der Waals surface area contributed by atoms with Crippen molar-refractivity contribution in [2.24, 2.45) is 4.99 Å². The van der Waals surface area contributed by atoms with Crippen molar-refractivity contribution in [3.8, 4) is 0 Å². The molecule has 0 aliphatic carbocycles. The zero-order valence-electron chi connectivity index (χ0n) is 16.3. The molecule has 6 heteroatoms. The number of aromatic nitrogens is 2. The van der Waals surface area contributed by atoms with Crippen LogP contribution in [0.2, 0.25) is 0 Å². The number of hydrogen-bond donors (Lipinski definition) is 1. The molecule has 28 heavy (non-hydrogen) atoms. The van der Waals surface area contributed by atoms with E-state index in [1.54, 1.807) is 0 Å². The van der Waals surface area contributed by atoms with Crippen LogP contribution >= 0.6 is 15.9 Å². The highest BCUT2D eigenvalue weighted by Crippen LogP contribution is 2.17. The summed E-state index contributed by atoms with van der Waals surface area (Å²) in [6, 6.07) is 18.7. The number of benzene rings is 2. The minimum atomic E-state index is 0.777. The second-order valence-electron chi connectivity index (χ2n) is 6.63. The predicted molar refractivity (Wildman–Crippen MR) is 118 cm³/mol. The first-order chi connectivity index (χ1) is 13.7. The Bertz CT molecular complexity index is 904. The van der Waals surface area contributed by atoms with Crippen molar-refractivity contribution in [3.63, 3.8) is 0 Å². The normalized spacial score (nSPS) is 11.5. The summed E-state index contributed by atoms with van der Waals surface area (Å²) >= 11 is 3.61. The Morgan fingerprint density at radius 2 is 1.89 bits per heavy atom. The largest absolute Gasteiger partial charge is 0.356 e. The molecule has 0 bridgehead atoms. The summed E-state index contributed by atoms with van der Waals surface area (Å²) in [7, 11) is 3.86. The smallest absolute Gasteiger partial charge is 0.193 e. The molecule has 2 aromatic carbocycles. The highest BCUT2D eigenvalue weighted by molar-refractivity contribution is 9.10. The molecule has 3 aromatic rings. The van der Waals surface area contributed by atoms with Crippen molar-refractivity contribution in [3.05, 3.63) is 88.4 Å². The molecule has 1 N–H and O–H groups in total. The van der Waals surface area contributed by atoms with Gasteiger partial charge in [-0.2, -0.15) is 0 Å². The maximum absolute atomic E-state index is 4.52. The van der Waals surface area contributed by atoms with Crippen LogP contribution in [0, 0.1) is 0 Å². The van der Waals surface area contributed by atoms with Crippen LogP contribution in [0.4, 0.5) is 0 Å². The molecule has 5 nitrogen and oxygen atoms in total. The molecule has 0 radical (unpaired) electrons. The Labute approximate surface area is 175 Å². The van der Waals surface area contributed by atoms with Crippen LogP contribution in [0.1, 0.15) is 17.0 Å². The molecule has 0 spiro atoms. The van der Waals surface area contributed by atoms with E-state index in [-0.39, 0.29) is 0 Å². The van der Waals surface area contributed by atoms with Crippen LogP contribution in [-0.2, 0) is 19.5 Å². The molecule has 1 aromatic heterocycles. The summed E-state index contributed by atoms with van der Waals surface area (Å²) in [5.41, 5.74) is 2.50. The Morgan fingerprint density at radius 1 is 1.14 bits per heavy atom. The molecule has 0 amide bonds. The van der Waals surface area contributed by atoms with Gasteiger partial charge in [0.1, 0.15) is 5.82 Å². The van der Waals surface area contributed by atoms with Gasteiger partial charge in [0.2, 0.25) is 0 Å². The van der Waals surface area contributed by atoms with Crippen molar-refractivity contribution >= 4 is 21.9 Å². The molecule has 0 fully saturated rings. The number of nitrogens with one attached hydrogen (secondary N) is 1. The topological polar surface area (TPSA) is 45.5 Å². The van der Waals surface area contributed by atoms with E-state index in [4.69, 9.17) is 0 Å². The van der Waals surface area contributed by atoms with Crippen LogP contribution in [0.15, 0.2) is 76.5 Å². The van der Waals surface area contributed by atoms with Gasteiger partial charge in [0, 0.05) is 57.0 Å². The molecule has 0 unspecified atom stereocenters. The highest BCUT2D eigenvalue weighted by atomic mass is 79.9. The number of hydrogen-bond acceptors (Lipinski definition) is 2. The second-order valence-corrected chi connectivity index (χ2v) is 7.48. The van der Waals surface area contributed by atoms with Gasteiger partial charge in [-0.25, -0.2) is 4.98 Å². The lowest BCUT2D eigenvalue weighted by Crippen LogP contribution is -2.39. The molecular formula is C22H26BrN5. The second kappa shape index (κ2) is 10.1. The van der Waals surface area contributed by atoms with Gasteiger partial charge in [0.25, 0.3) is 0 Å². The number of aliphatic imine (C=N–C) groups is 1. The Hall–Kier alpha value is -2.60. The van der Waals surface area contributed by atoms with Gasteiger partial charge >= 0.3 is 0 Å². The summed E-state index contributed by atoms with van der Waals surface area (Å²) in [6.45, 7) is 2.40. The first kappa shape index (κ1) is 20.1. The van der Waals surface area contributed by atoms with Crippen LogP contribution in [-0.4, -0.2) is 41.1 Å². The minimum absolute atomic E-state index is 0.777. The van der Waals surface area contributed by atoms with Crippen molar-refractivity contribution in [1.29, 1.82) is 0 Å². The molecule has 146 valence electrons. The van der Waals surface area contributed by atoms with Gasteiger partial charge in [-0.1, -0.05) is 64.5 Å². The molecule has 0 atom stereocenters. The first-order valence-electron chi connectivity index (χ1n) is 9.36. The third kappa shape index (κ3) is 5.45. The van der Waals surface area contributed by atoms with E-state index >= 15 is 0 Å². The summed E-state index contributed by atoms with van der Waals surface area (Å²) in [6.07, 6.45) is 4.74. The van der Waals surface area contributed by atoms with Crippen molar-refractivity contribution < 1.29 is 0 Å². The zero-order chi connectivity index (χ0) is 19.8. The standard InChI is InChI=1S/C22H26BrN5/c1-24-22(27(2)17-19-10-6-7-11-20(19)23)26-13-12-21-25-14-15-28(21)16-18-8-4-3-5-9-18/h3-11,14-15H,12-13,16-17H2,1-2H3,(H,24,26). The lowest BCUT2D eigenvalue weighted by atomic mass is 10.2. The number of nitrogens with zero attached hydrogens (tertiary/aromatic N) is 4. The van der Waals surface area contributed by atoms with Gasteiger partial charge in [0.05, 0.1) is 0 Å². The van der Waals surface area contributed by atoms with Crippen molar-refractivity contribution in [1.82, 2.24) is 19.8 Å². The van der Waals surface area contributed by atoms with Gasteiger partial charge < -0.3 is 14.8 Å². The lowest BCUT2D eigenvalue weighted by Gasteiger charge is -2.22. The van der Waals surface area contributed by atoms with E-state index in [1.807, 2.05) is 38.6 Å². The monoisotopic (exact) mass is 439 g/mol. The fraction of sp³-hybridized carbons (Fsp3) is 0.273. The molecule has 0 aliphatic rings. The van der Waals surface area contributed by atoms with E-state index < -0.39 is 0 Å². The third-order valence-electron chi connectivity index (χ3n) is 4.57. The number of guanidine groups is 1. The van der Waals surface area contributed by atoms with E-state index in [0.717, 1.165) is 42.3 Å². The van der Waals surface area contributed by atoms with Crippen molar-refractivity contribution in [2.45, 2.75) is 19.5 Å². The van der Waals surface area contributed by atoms with Crippen LogP contribution in [0.3, 0.4) is 0 Å². The van der Waals surface area contributed by atoms with Crippen LogP contribution in [0.5, 0.6) is 0 Å². The number of halogens is 1. The van der Waals surface area contributed by atoms with E-state index in [2.05, 4.69) is 83.2 Å². The molecule has 1 heterocycles. The third-order valence-corrected chi connectivity index (χ3v) is 5.34. The molecule has 0 aliphatic heterocycles. The summed E-state index contributed by atoms with van der Waals surface area (Å²) in [4.78, 5) is 11.1. The fourth-order valence-electron chi connectivity index (χ4n) is 3.12. The molecule has 0 saturated carbocycles. The Morgan fingerprint density at radius 3 is 2.64 bits per heavy atom. The average Bonchev–Trinajstić information content (AvgIpc) is 3.14. The van der Waals surface area contributed by atoms with E-state index in [0.29, 0.717) is 0 Å². The van der Waals surface area contributed by atoms with E-state index in [1.165, 1.54) is 11.1 Å². The maximum atomic E-state index is 4.52. The summed E-state index contributed by atoms with van der Waals surface area (Å²) in [5.74, 6) is 1.94. The minimum Gasteiger partial charge on any atom is -0.356 e. The zero-order valence-corrected chi connectivity index (χ0v) is 17.9. The average molecular weight is 440 g/mol. The van der Waals surface area contributed by atoms with Crippen molar-refractivity contribution in [2.75, 3.05) is 20.6 Å². The molecule has 0 saturated heterocycles. The summed E-state index contributed by atoms with van der Waals surface area (Å²) < 4.78 is 3.31. The number of rotatable bonds is 7. The lowest BCUT2D eigenvalue weighted by molar-refractivity contribution is 0.475. The Balaban J connectivity index is 1.54. The van der Waals surface area contributed by atoms with Gasteiger partial charge in [-0.05, 0) is 17.2 Å². The summed E-state index contributed by atoms with van der Waals surface area (Å²) in [5, 5.41) is 3.45. The van der Waals surface area contributed by atoms with Gasteiger partial charge in [-0.3, -0.25) is 4.99 Å². The molecular weight excluding hydrogens is 414 g/mol. The quantitative estimate of drug-likeness (QED) is 0.447. The van der Waals surface area contributed by atoms with E-state index in [9.17, 15) is 0 Å². The molecule has 3 rings (SSSR count). The first-order valence-corrected chi connectivity index (χ1v) is 10.2.